The molecule has 0 fully saturated rings. The number of H-pyrrole nitrogens is 1. The van der Waals surface area contributed by atoms with Crippen LogP contribution in [0.3, 0.4) is 0 Å². The first-order valence-corrected chi connectivity index (χ1v) is 9.43. The van der Waals surface area contributed by atoms with Gasteiger partial charge in [-0.1, -0.05) is 63.6 Å². The maximum Gasteiger partial charge on any atom is 0.290 e. The van der Waals surface area contributed by atoms with Gasteiger partial charge in [0.25, 0.3) is 5.97 Å². The van der Waals surface area contributed by atoms with Crippen molar-refractivity contribution in [1.82, 2.24) is 4.98 Å². The van der Waals surface area contributed by atoms with Gasteiger partial charge in [0.2, 0.25) is 0 Å². The van der Waals surface area contributed by atoms with Gasteiger partial charge in [-0.2, -0.15) is 0 Å². The molecule has 1 unspecified atom stereocenters. The van der Waals surface area contributed by atoms with Crippen LogP contribution in [-0.4, -0.2) is 32.3 Å². The lowest BCUT2D eigenvalue weighted by molar-refractivity contribution is -0.365. The molecule has 0 amide bonds. The van der Waals surface area contributed by atoms with E-state index in [-0.39, 0.29) is 5.92 Å². The molecule has 0 bridgehead atoms. The van der Waals surface area contributed by atoms with E-state index in [1.165, 1.54) is 37.5 Å². The van der Waals surface area contributed by atoms with Gasteiger partial charge >= 0.3 is 0 Å². The highest BCUT2D eigenvalue weighted by molar-refractivity contribution is 5.80. The molecule has 1 aromatic carbocycles. The highest BCUT2D eigenvalue weighted by Crippen LogP contribution is 2.38. The van der Waals surface area contributed by atoms with Crippen LogP contribution in [-0.2, 0) is 14.2 Å². The van der Waals surface area contributed by atoms with E-state index in [2.05, 4.69) is 36.2 Å². The standard InChI is InChI=1S/C21H33NO3/c1-5-6-7-8-9-10-14-18(21(23-2,24-3)25-4)20-16-17-13-11-12-15-19(17)22-20/h11-13,15-16,18,22H,5-10,14H2,1-4H3. The Bertz CT molecular complexity index is 577. The molecule has 1 heterocycles. The van der Waals surface area contributed by atoms with E-state index < -0.39 is 5.97 Å². The molecular weight excluding hydrogens is 314 g/mol. The van der Waals surface area contributed by atoms with Gasteiger partial charge in [-0.25, -0.2) is 0 Å². The van der Waals surface area contributed by atoms with Crippen LogP contribution < -0.4 is 0 Å². The van der Waals surface area contributed by atoms with E-state index >= 15 is 0 Å². The molecule has 2 rings (SSSR count). The fourth-order valence-corrected chi connectivity index (χ4v) is 3.61. The zero-order chi connectivity index (χ0) is 18.1. The Labute approximate surface area is 151 Å². The quantitative estimate of drug-likeness (QED) is 0.402. The number of aromatic nitrogens is 1. The number of hydrogen-bond donors (Lipinski definition) is 1. The van der Waals surface area contributed by atoms with E-state index in [0.29, 0.717) is 0 Å². The summed E-state index contributed by atoms with van der Waals surface area (Å²) in [6.07, 6.45) is 8.51. The molecule has 25 heavy (non-hydrogen) atoms. The van der Waals surface area contributed by atoms with Crippen molar-refractivity contribution in [2.45, 2.75) is 63.8 Å². The maximum atomic E-state index is 5.68. The lowest BCUT2D eigenvalue weighted by atomic mass is 9.94. The zero-order valence-electron chi connectivity index (χ0n) is 16.1. The van der Waals surface area contributed by atoms with E-state index in [4.69, 9.17) is 14.2 Å². The summed E-state index contributed by atoms with van der Waals surface area (Å²) in [5.74, 6) is -1.07. The van der Waals surface area contributed by atoms with Gasteiger partial charge < -0.3 is 19.2 Å². The minimum atomic E-state index is -1.07. The monoisotopic (exact) mass is 347 g/mol. The van der Waals surface area contributed by atoms with Crippen LogP contribution in [0.4, 0.5) is 0 Å². The molecule has 0 saturated heterocycles. The smallest absolute Gasteiger partial charge is 0.290 e. The van der Waals surface area contributed by atoms with Crippen LogP contribution in [0.1, 0.15) is 63.5 Å². The third kappa shape index (κ3) is 4.84. The predicted molar refractivity (Wildman–Crippen MR) is 103 cm³/mol. The van der Waals surface area contributed by atoms with Crippen LogP contribution in [0.5, 0.6) is 0 Å². The largest absolute Gasteiger partial charge is 0.358 e. The third-order valence-corrected chi connectivity index (χ3v) is 5.05. The molecule has 0 aliphatic heterocycles. The number of nitrogens with one attached hydrogen (secondary N) is 1. The topological polar surface area (TPSA) is 43.5 Å². The summed E-state index contributed by atoms with van der Waals surface area (Å²) in [6, 6.07) is 10.5. The summed E-state index contributed by atoms with van der Waals surface area (Å²) in [4.78, 5) is 3.53. The van der Waals surface area contributed by atoms with Gasteiger partial charge in [0.1, 0.15) is 0 Å². The molecular formula is C21H33NO3. The molecule has 0 aliphatic carbocycles. The first-order valence-electron chi connectivity index (χ1n) is 9.43. The van der Waals surface area contributed by atoms with Crippen LogP contribution >= 0.6 is 0 Å². The summed E-state index contributed by atoms with van der Waals surface area (Å²) < 4.78 is 17.0. The van der Waals surface area contributed by atoms with Crippen molar-refractivity contribution in [1.29, 1.82) is 0 Å². The molecule has 0 aliphatic rings. The number of hydrogen-bond acceptors (Lipinski definition) is 3. The second-order valence-corrected chi connectivity index (χ2v) is 6.64. The van der Waals surface area contributed by atoms with Crippen molar-refractivity contribution in [3.05, 3.63) is 36.0 Å². The summed E-state index contributed by atoms with van der Waals surface area (Å²) in [6.45, 7) is 2.25. The summed E-state index contributed by atoms with van der Waals surface area (Å²) in [5.41, 5.74) is 2.22. The van der Waals surface area contributed by atoms with Gasteiger partial charge in [0.05, 0.1) is 5.92 Å². The molecule has 4 nitrogen and oxygen atoms in total. The second kappa shape index (κ2) is 9.95. The second-order valence-electron chi connectivity index (χ2n) is 6.64. The van der Waals surface area contributed by atoms with E-state index in [0.717, 1.165) is 24.1 Å². The Morgan fingerprint density at radius 3 is 2.20 bits per heavy atom. The van der Waals surface area contributed by atoms with Gasteiger partial charge in [0.15, 0.2) is 0 Å². The number of unbranched alkanes of at least 4 members (excludes halogenated alkanes) is 5. The Balaban J connectivity index is 2.16. The normalized spacial score (nSPS) is 13.4. The highest BCUT2D eigenvalue weighted by atomic mass is 16.9. The molecule has 4 heteroatoms. The number of rotatable bonds is 12. The predicted octanol–water partition coefficient (Wildman–Crippen LogP) is 5.60. The third-order valence-electron chi connectivity index (χ3n) is 5.05. The average molecular weight is 347 g/mol. The number of benzene rings is 1. The molecule has 1 atom stereocenters. The van der Waals surface area contributed by atoms with E-state index in [1.54, 1.807) is 21.3 Å². The zero-order valence-corrected chi connectivity index (χ0v) is 16.1. The SMILES string of the molecule is CCCCCCCCC(c1cc2ccccc2[nH]1)C(OC)(OC)OC. The summed E-state index contributed by atoms with van der Waals surface area (Å²) in [7, 11) is 4.93. The molecule has 1 N–H and O–H groups in total. The lowest BCUT2D eigenvalue weighted by Crippen LogP contribution is -2.42. The van der Waals surface area contributed by atoms with Crippen molar-refractivity contribution in [3.8, 4) is 0 Å². The summed E-state index contributed by atoms with van der Waals surface area (Å²) >= 11 is 0. The van der Waals surface area contributed by atoms with Crippen molar-refractivity contribution >= 4 is 10.9 Å². The van der Waals surface area contributed by atoms with Crippen molar-refractivity contribution < 1.29 is 14.2 Å². The minimum Gasteiger partial charge on any atom is -0.358 e. The van der Waals surface area contributed by atoms with Crippen LogP contribution in [0.25, 0.3) is 10.9 Å². The lowest BCUT2D eigenvalue weighted by Gasteiger charge is -2.36. The molecule has 0 spiro atoms. The fourth-order valence-electron chi connectivity index (χ4n) is 3.61. The Morgan fingerprint density at radius 1 is 0.920 bits per heavy atom. The fraction of sp³-hybridized carbons (Fsp3) is 0.619. The molecule has 1 aromatic heterocycles. The van der Waals surface area contributed by atoms with Crippen molar-refractivity contribution in [3.63, 3.8) is 0 Å². The van der Waals surface area contributed by atoms with E-state index in [9.17, 15) is 0 Å². The number of ether oxygens (including phenoxy) is 3. The highest BCUT2D eigenvalue weighted by Gasteiger charge is 2.41. The number of methoxy groups -OCH3 is 3. The molecule has 0 saturated carbocycles. The molecule has 0 radical (unpaired) electrons. The number of para-hydroxylation sites is 1. The van der Waals surface area contributed by atoms with Gasteiger partial charge in [-0.05, 0) is 23.9 Å². The number of fused-ring (bicyclic) bond motifs is 1. The van der Waals surface area contributed by atoms with Gasteiger partial charge in [0, 0.05) is 32.5 Å². The van der Waals surface area contributed by atoms with Crippen LogP contribution in [0.2, 0.25) is 0 Å². The Morgan fingerprint density at radius 2 is 1.56 bits per heavy atom. The van der Waals surface area contributed by atoms with Crippen LogP contribution in [0.15, 0.2) is 30.3 Å². The van der Waals surface area contributed by atoms with Gasteiger partial charge in [-0.15, -0.1) is 0 Å². The van der Waals surface area contributed by atoms with Gasteiger partial charge in [-0.3, -0.25) is 0 Å². The Kier molecular flexibility index (Phi) is 7.94. The minimum absolute atomic E-state index is 0.00826. The first-order chi connectivity index (χ1) is 12.2. The van der Waals surface area contributed by atoms with Crippen LogP contribution in [0, 0.1) is 0 Å². The van der Waals surface area contributed by atoms with E-state index in [1.807, 2.05) is 6.07 Å². The summed E-state index contributed by atoms with van der Waals surface area (Å²) in [5, 5.41) is 1.20. The average Bonchev–Trinajstić information content (AvgIpc) is 3.08. The van der Waals surface area contributed by atoms with Crippen molar-refractivity contribution in [2.75, 3.05) is 21.3 Å². The molecule has 140 valence electrons. The van der Waals surface area contributed by atoms with Crippen molar-refractivity contribution in [2.24, 2.45) is 0 Å². The maximum absolute atomic E-state index is 5.68. The molecule has 2 aromatic rings. The Hall–Kier alpha value is -1.36. The number of aromatic amines is 1. The first kappa shape index (κ1) is 20.0.